The maximum atomic E-state index is 12.4. The van der Waals surface area contributed by atoms with Crippen molar-refractivity contribution in [1.82, 2.24) is 4.57 Å². The van der Waals surface area contributed by atoms with Crippen LogP contribution in [0.25, 0.3) is 0 Å². The smallest absolute Gasteiger partial charge is 0.263 e. The van der Waals surface area contributed by atoms with Gasteiger partial charge in [-0.1, -0.05) is 22.0 Å². The molecule has 0 saturated heterocycles. The largest absolute Gasteiger partial charge is 0.390 e. The molecule has 7 heteroatoms. The Bertz CT molecular complexity index is 732. The van der Waals surface area contributed by atoms with Crippen LogP contribution in [-0.2, 0) is 23.2 Å². The summed E-state index contributed by atoms with van der Waals surface area (Å²) in [6, 6.07) is 6.82. The molecule has 1 aromatic heterocycles. The lowest BCUT2D eigenvalue weighted by Gasteiger charge is -2.10. The zero-order valence-electron chi connectivity index (χ0n) is 11.8. The fourth-order valence-electron chi connectivity index (χ4n) is 2.02. The SMILES string of the molecule is CCn1cc(S(=O)(=O)Nc2cccc(Br)c2C)cc1CO. The van der Waals surface area contributed by atoms with Crippen LogP contribution in [0.2, 0.25) is 0 Å². The number of aryl methyl sites for hydroxylation is 1. The van der Waals surface area contributed by atoms with E-state index in [-0.39, 0.29) is 11.5 Å². The Kier molecular flexibility index (Phi) is 4.75. The first-order valence-electron chi connectivity index (χ1n) is 6.47. The highest BCUT2D eigenvalue weighted by Gasteiger charge is 2.19. The first-order valence-corrected chi connectivity index (χ1v) is 8.74. The van der Waals surface area contributed by atoms with Crippen molar-refractivity contribution in [2.24, 2.45) is 0 Å². The molecule has 114 valence electrons. The number of hydrogen-bond donors (Lipinski definition) is 2. The first-order chi connectivity index (χ1) is 9.89. The molecule has 5 nitrogen and oxygen atoms in total. The van der Waals surface area contributed by atoms with Crippen LogP contribution < -0.4 is 4.72 Å². The van der Waals surface area contributed by atoms with Gasteiger partial charge in [-0.25, -0.2) is 8.42 Å². The fraction of sp³-hybridized carbons (Fsp3) is 0.286. The lowest BCUT2D eigenvalue weighted by molar-refractivity contribution is 0.271. The van der Waals surface area contributed by atoms with E-state index in [0.29, 0.717) is 17.9 Å². The molecule has 2 rings (SSSR count). The second kappa shape index (κ2) is 6.21. The average molecular weight is 373 g/mol. The minimum atomic E-state index is -3.68. The van der Waals surface area contributed by atoms with Crippen LogP contribution in [0.1, 0.15) is 18.2 Å². The van der Waals surface area contributed by atoms with Gasteiger partial charge < -0.3 is 9.67 Å². The number of halogens is 1. The summed E-state index contributed by atoms with van der Waals surface area (Å²) in [6.07, 6.45) is 1.53. The van der Waals surface area contributed by atoms with E-state index in [4.69, 9.17) is 0 Å². The van der Waals surface area contributed by atoms with Crippen molar-refractivity contribution < 1.29 is 13.5 Å². The normalized spacial score (nSPS) is 11.6. The monoisotopic (exact) mass is 372 g/mol. The van der Waals surface area contributed by atoms with Gasteiger partial charge in [-0.3, -0.25) is 4.72 Å². The molecule has 0 aliphatic carbocycles. The van der Waals surface area contributed by atoms with Gasteiger partial charge in [-0.15, -0.1) is 0 Å². The third-order valence-corrected chi connectivity index (χ3v) is 5.48. The Hall–Kier alpha value is -1.31. The van der Waals surface area contributed by atoms with Gasteiger partial charge in [0.25, 0.3) is 10.0 Å². The predicted octanol–water partition coefficient (Wildman–Crippen LogP) is 2.87. The number of nitrogens with one attached hydrogen (secondary N) is 1. The van der Waals surface area contributed by atoms with Crippen molar-refractivity contribution in [3.63, 3.8) is 0 Å². The molecule has 0 spiro atoms. The van der Waals surface area contributed by atoms with E-state index in [9.17, 15) is 13.5 Å². The van der Waals surface area contributed by atoms with Crippen LogP contribution in [0.3, 0.4) is 0 Å². The Morgan fingerprint density at radius 3 is 2.67 bits per heavy atom. The number of aliphatic hydroxyl groups excluding tert-OH is 1. The number of benzene rings is 1. The van der Waals surface area contributed by atoms with Crippen molar-refractivity contribution in [3.05, 3.63) is 46.2 Å². The number of nitrogens with zero attached hydrogens (tertiary/aromatic N) is 1. The standard InChI is InChI=1S/C14H17BrN2O3S/c1-3-17-8-12(7-11(17)9-18)21(19,20)16-14-6-4-5-13(15)10(14)2/h4-8,16,18H,3,9H2,1-2H3. The Labute approximate surface area is 132 Å². The molecule has 21 heavy (non-hydrogen) atoms. The molecule has 0 radical (unpaired) electrons. The third-order valence-electron chi connectivity index (χ3n) is 3.29. The summed E-state index contributed by atoms with van der Waals surface area (Å²) in [5, 5.41) is 9.26. The summed E-state index contributed by atoms with van der Waals surface area (Å²) in [7, 11) is -3.68. The molecule has 0 aliphatic heterocycles. The number of aromatic nitrogens is 1. The molecule has 0 bridgehead atoms. The molecule has 2 aromatic rings. The summed E-state index contributed by atoms with van der Waals surface area (Å²) < 4.78 is 30.0. The van der Waals surface area contributed by atoms with Crippen LogP contribution >= 0.6 is 15.9 Å². The van der Waals surface area contributed by atoms with Crippen LogP contribution in [0, 0.1) is 6.92 Å². The molecular formula is C14H17BrN2O3S. The Morgan fingerprint density at radius 2 is 2.10 bits per heavy atom. The quantitative estimate of drug-likeness (QED) is 0.847. The van der Waals surface area contributed by atoms with Gasteiger partial charge in [0.1, 0.15) is 4.90 Å². The number of hydrogen-bond acceptors (Lipinski definition) is 3. The van der Waals surface area contributed by atoms with E-state index in [1.165, 1.54) is 12.3 Å². The van der Waals surface area contributed by atoms with Gasteiger partial charge >= 0.3 is 0 Å². The number of anilines is 1. The third kappa shape index (κ3) is 3.30. The van der Waals surface area contributed by atoms with Gasteiger partial charge in [-0.2, -0.15) is 0 Å². The van der Waals surface area contributed by atoms with Gasteiger partial charge in [0.05, 0.1) is 12.3 Å². The molecule has 0 unspecified atom stereocenters. The highest BCUT2D eigenvalue weighted by atomic mass is 79.9. The van der Waals surface area contributed by atoms with Crippen molar-refractivity contribution in [2.75, 3.05) is 4.72 Å². The molecule has 0 amide bonds. The van der Waals surface area contributed by atoms with Crippen molar-refractivity contribution in [3.8, 4) is 0 Å². The van der Waals surface area contributed by atoms with E-state index in [0.717, 1.165) is 10.0 Å². The van der Waals surface area contributed by atoms with E-state index in [2.05, 4.69) is 20.7 Å². The number of aliphatic hydroxyl groups is 1. The Morgan fingerprint density at radius 1 is 1.38 bits per heavy atom. The second-order valence-electron chi connectivity index (χ2n) is 4.63. The number of sulfonamides is 1. The van der Waals surface area contributed by atoms with E-state index >= 15 is 0 Å². The molecule has 0 saturated carbocycles. The molecule has 0 atom stereocenters. The lowest BCUT2D eigenvalue weighted by Crippen LogP contribution is -2.13. The topological polar surface area (TPSA) is 71.3 Å². The van der Waals surface area contributed by atoms with Crippen LogP contribution in [0.5, 0.6) is 0 Å². The molecule has 1 aromatic carbocycles. The van der Waals surface area contributed by atoms with Crippen LogP contribution in [0.4, 0.5) is 5.69 Å². The predicted molar refractivity (Wildman–Crippen MR) is 85.7 cm³/mol. The summed E-state index contributed by atoms with van der Waals surface area (Å²) in [5.41, 5.74) is 1.92. The van der Waals surface area contributed by atoms with Crippen molar-refractivity contribution in [1.29, 1.82) is 0 Å². The zero-order valence-corrected chi connectivity index (χ0v) is 14.2. The van der Waals surface area contributed by atoms with Crippen LogP contribution in [-0.4, -0.2) is 18.1 Å². The minimum absolute atomic E-state index is 0.146. The molecule has 0 fully saturated rings. The maximum Gasteiger partial charge on any atom is 0.263 e. The first kappa shape index (κ1) is 16.1. The van der Waals surface area contributed by atoms with Gasteiger partial charge in [0.2, 0.25) is 0 Å². The second-order valence-corrected chi connectivity index (χ2v) is 7.17. The van der Waals surface area contributed by atoms with Crippen LogP contribution in [0.15, 0.2) is 39.8 Å². The number of rotatable bonds is 5. The van der Waals surface area contributed by atoms with E-state index < -0.39 is 10.0 Å². The van der Waals surface area contributed by atoms with E-state index in [1.54, 1.807) is 16.7 Å². The van der Waals surface area contributed by atoms with E-state index in [1.807, 2.05) is 19.9 Å². The summed E-state index contributed by atoms with van der Waals surface area (Å²) >= 11 is 3.38. The van der Waals surface area contributed by atoms with Gasteiger partial charge in [0, 0.05) is 22.9 Å². The minimum Gasteiger partial charge on any atom is -0.390 e. The highest BCUT2D eigenvalue weighted by molar-refractivity contribution is 9.10. The highest BCUT2D eigenvalue weighted by Crippen LogP contribution is 2.26. The van der Waals surface area contributed by atoms with Crippen molar-refractivity contribution in [2.45, 2.75) is 31.9 Å². The molecule has 1 heterocycles. The summed E-state index contributed by atoms with van der Waals surface area (Å²) in [4.78, 5) is 0.146. The van der Waals surface area contributed by atoms with Gasteiger partial charge in [-0.05, 0) is 37.6 Å². The summed E-state index contributed by atoms with van der Waals surface area (Å²) in [6.45, 7) is 4.13. The van der Waals surface area contributed by atoms with Gasteiger partial charge in [0.15, 0.2) is 0 Å². The summed E-state index contributed by atoms with van der Waals surface area (Å²) in [5.74, 6) is 0. The molecular weight excluding hydrogens is 356 g/mol. The maximum absolute atomic E-state index is 12.4. The zero-order chi connectivity index (χ0) is 15.6. The Balaban J connectivity index is 2.38. The van der Waals surface area contributed by atoms with Crippen molar-refractivity contribution >= 4 is 31.6 Å². The average Bonchev–Trinajstić information content (AvgIpc) is 2.88. The fourth-order valence-corrected chi connectivity index (χ4v) is 3.57. The molecule has 2 N–H and O–H groups in total. The molecule has 0 aliphatic rings. The lowest BCUT2D eigenvalue weighted by atomic mass is 10.2.